The van der Waals surface area contributed by atoms with E-state index in [0.29, 0.717) is 30.3 Å². The highest BCUT2D eigenvalue weighted by molar-refractivity contribution is 6.32. The second kappa shape index (κ2) is 6.64. The van der Waals surface area contributed by atoms with E-state index in [9.17, 15) is 4.39 Å². The maximum Gasteiger partial charge on any atom is 0.137 e. The molecule has 0 spiro atoms. The van der Waals surface area contributed by atoms with Gasteiger partial charge in [-0.05, 0) is 30.7 Å². The van der Waals surface area contributed by atoms with E-state index < -0.39 is 0 Å². The summed E-state index contributed by atoms with van der Waals surface area (Å²) in [4.78, 5) is 0. The number of hydrogen-bond acceptors (Lipinski definition) is 2. The third-order valence-electron chi connectivity index (χ3n) is 1.96. The van der Waals surface area contributed by atoms with Crippen LogP contribution in [0, 0.1) is 0 Å². The minimum atomic E-state index is -0.372. The fraction of sp³-hybridized carbons (Fsp3) is 0.455. The summed E-state index contributed by atoms with van der Waals surface area (Å²) >= 11 is 5.98. The Hall–Kier alpha value is -0.800. The first kappa shape index (κ1) is 12.3. The van der Waals surface area contributed by atoms with E-state index in [4.69, 9.17) is 22.1 Å². The summed E-state index contributed by atoms with van der Waals surface area (Å²) in [6.45, 7) is 0.577. The Kier molecular flexibility index (Phi) is 5.43. The maximum absolute atomic E-state index is 11.8. The molecule has 2 N–H and O–H groups in total. The van der Waals surface area contributed by atoms with Gasteiger partial charge in [0.05, 0.1) is 18.3 Å². The minimum Gasteiger partial charge on any atom is -0.492 e. The number of rotatable bonds is 6. The molecule has 0 fully saturated rings. The molecule has 1 rings (SSSR count). The fourth-order valence-corrected chi connectivity index (χ4v) is 1.48. The van der Waals surface area contributed by atoms with E-state index in [1.807, 2.05) is 12.1 Å². The highest BCUT2D eigenvalue weighted by Crippen LogP contribution is 2.25. The van der Waals surface area contributed by atoms with Gasteiger partial charge in [0.25, 0.3) is 0 Å². The standard InChI is InChI=1S/C11H15ClFNO/c12-10-8-9(4-6-14)2-3-11(10)15-7-1-5-13/h2-3,8H,1,4-7,14H2. The SMILES string of the molecule is NCCc1ccc(OCCCF)c(Cl)c1. The maximum atomic E-state index is 11.8. The lowest BCUT2D eigenvalue weighted by molar-refractivity contribution is 0.290. The highest BCUT2D eigenvalue weighted by atomic mass is 35.5. The topological polar surface area (TPSA) is 35.2 Å². The lowest BCUT2D eigenvalue weighted by Gasteiger charge is -2.08. The summed E-state index contributed by atoms with van der Waals surface area (Å²) in [6, 6.07) is 5.55. The third kappa shape index (κ3) is 4.06. The van der Waals surface area contributed by atoms with Gasteiger partial charge in [0, 0.05) is 6.42 Å². The van der Waals surface area contributed by atoms with Crippen molar-refractivity contribution < 1.29 is 9.13 Å². The molecule has 0 aliphatic heterocycles. The van der Waals surface area contributed by atoms with Crippen LogP contribution in [0.5, 0.6) is 5.75 Å². The van der Waals surface area contributed by atoms with Crippen LogP contribution in [0.4, 0.5) is 4.39 Å². The zero-order chi connectivity index (χ0) is 11.1. The summed E-state index contributed by atoms with van der Waals surface area (Å²) < 4.78 is 17.1. The summed E-state index contributed by atoms with van der Waals surface area (Å²) in [5, 5.41) is 0.555. The van der Waals surface area contributed by atoms with E-state index in [-0.39, 0.29) is 6.67 Å². The number of benzene rings is 1. The van der Waals surface area contributed by atoms with E-state index in [2.05, 4.69) is 0 Å². The summed E-state index contributed by atoms with van der Waals surface area (Å²) in [6.07, 6.45) is 1.19. The van der Waals surface area contributed by atoms with Gasteiger partial charge in [-0.25, -0.2) is 0 Å². The van der Waals surface area contributed by atoms with E-state index >= 15 is 0 Å². The van der Waals surface area contributed by atoms with Crippen LogP contribution in [0.2, 0.25) is 5.02 Å². The highest BCUT2D eigenvalue weighted by Gasteiger charge is 2.02. The van der Waals surface area contributed by atoms with Crippen LogP contribution >= 0.6 is 11.6 Å². The first-order valence-corrected chi connectivity index (χ1v) is 5.33. The zero-order valence-corrected chi connectivity index (χ0v) is 9.27. The lowest BCUT2D eigenvalue weighted by atomic mass is 10.1. The molecule has 0 aliphatic carbocycles. The predicted molar refractivity (Wildman–Crippen MR) is 60.3 cm³/mol. The molecule has 0 radical (unpaired) electrons. The summed E-state index contributed by atoms with van der Waals surface area (Å²) in [5.41, 5.74) is 6.51. The van der Waals surface area contributed by atoms with Crippen LogP contribution in [0.15, 0.2) is 18.2 Å². The van der Waals surface area contributed by atoms with Crippen LogP contribution < -0.4 is 10.5 Å². The monoisotopic (exact) mass is 231 g/mol. The molecule has 0 bridgehead atoms. The molecular formula is C11H15ClFNO. The Bertz CT molecular complexity index is 307. The van der Waals surface area contributed by atoms with Crippen molar-refractivity contribution in [2.75, 3.05) is 19.8 Å². The van der Waals surface area contributed by atoms with Crippen molar-refractivity contribution in [3.63, 3.8) is 0 Å². The quantitative estimate of drug-likeness (QED) is 0.764. The third-order valence-corrected chi connectivity index (χ3v) is 2.26. The molecule has 0 heterocycles. The Morgan fingerprint density at radius 1 is 1.40 bits per heavy atom. The van der Waals surface area contributed by atoms with E-state index in [1.54, 1.807) is 6.07 Å². The van der Waals surface area contributed by atoms with Gasteiger partial charge in [0.1, 0.15) is 5.75 Å². The van der Waals surface area contributed by atoms with Gasteiger partial charge < -0.3 is 10.5 Å². The van der Waals surface area contributed by atoms with Crippen molar-refractivity contribution in [1.29, 1.82) is 0 Å². The van der Waals surface area contributed by atoms with Crippen molar-refractivity contribution in [1.82, 2.24) is 0 Å². The largest absolute Gasteiger partial charge is 0.492 e. The minimum absolute atomic E-state index is 0.354. The van der Waals surface area contributed by atoms with Crippen molar-refractivity contribution in [2.45, 2.75) is 12.8 Å². The summed E-state index contributed by atoms with van der Waals surface area (Å²) in [5.74, 6) is 0.603. The second-order valence-corrected chi connectivity index (χ2v) is 3.60. The number of halogens is 2. The molecule has 84 valence electrons. The molecule has 2 nitrogen and oxygen atoms in total. The number of ether oxygens (including phenoxy) is 1. The molecule has 1 aromatic rings. The second-order valence-electron chi connectivity index (χ2n) is 3.19. The van der Waals surface area contributed by atoms with E-state index in [1.165, 1.54) is 0 Å². The number of nitrogens with two attached hydrogens (primary N) is 1. The van der Waals surface area contributed by atoms with E-state index in [0.717, 1.165) is 12.0 Å². The molecule has 15 heavy (non-hydrogen) atoms. The first-order chi connectivity index (χ1) is 7.27. The van der Waals surface area contributed by atoms with Crippen LogP contribution in [-0.4, -0.2) is 19.8 Å². The zero-order valence-electron chi connectivity index (χ0n) is 8.51. The smallest absolute Gasteiger partial charge is 0.137 e. The molecular weight excluding hydrogens is 217 g/mol. The van der Waals surface area contributed by atoms with Gasteiger partial charge in [0.15, 0.2) is 0 Å². The Labute approximate surface area is 94.2 Å². The first-order valence-electron chi connectivity index (χ1n) is 4.95. The predicted octanol–water partition coefficient (Wildman–Crippen LogP) is 2.58. The lowest BCUT2D eigenvalue weighted by Crippen LogP contribution is -2.03. The molecule has 0 saturated heterocycles. The van der Waals surface area contributed by atoms with Gasteiger partial charge in [-0.15, -0.1) is 0 Å². The van der Waals surface area contributed by atoms with Crippen LogP contribution in [0.25, 0.3) is 0 Å². The Balaban J connectivity index is 2.58. The van der Waals surface area contributed by atoms with Crippen molar-refractivity contribution in [3.8, 4) is 5.75 Å². The average Bonchev–Trinajstić information content (AvgIpc) is 2.22. The normalized spacial score (nSPS) is 10.3. The molecule has 0 aliphatic rings. The average molecular weight is 232 g/mol. The summed E-state index contributed by atoms with van der Waals surface area (Å²) in [7, 11) is 0. The van der Waals surface area contributed by atoms with Gasteiger partial charge in [-0.2, -0.15) is 0 Å². The van der Waals surface area contributed by atoms with Crippen molar-refractivity contribution in [3.05, 3.63) is 28.8 Å². The molecule has 0 saturated carbocycles. The Morgan fingerprint density at radius 2 is 2.20 bits per heavy atom. The van der Waals surface area contributed by atoms with Crippen LogP contribution in [0.1, 0.15) is 12.0 Å². The number of alkyl halides is 1. The Morgan fingerprint density at radius 3 is 2.80 bits per heavy atom. The molecule has 0 aromatic heterocycles. The van der Waals surface area contributed by atoms with Gasteiger partial charge >= 0.3 is 0 Å². The fourth-order valence-electron chi connectivity index (χ4n) is 1.22. The molecule has 1 aromatic carbocycles. The molecule has 0 atom stereocenters. The van der Waals surface area contributed by atoms with Crippen LogP contribution in [0.3, 0.4) is 0 Å². The van der Waals surface area contributed by atoms with Gasteiger partial charge in [-0.3, -0.25) is 4.39 Å². The molecule has 0 unspecified atom stereocenters. The number of hydrogen-bond donors (Lipinski definition) is 1. The van der Waals surface area contributed by atoms with Crippen molar-refractivity contribution in [2.24, 2.45) is 5.73 Å². The molecule has 0 amide bonds. The van der Waals surface area contributed by atoms with Gasteiger partial charge in [0.2, 0.25) is 0 Å². The van der Waals surface area contributed by atoms with Gasteiger partial charge in [-0.1, -0.05) is 17.7 Å². The molecule has 4 heteroatoms. The van der Waals surface area contributed by atoms with Crippen LogP contribution in [-0.2, 0) is 6.42 Å². The van der Waals surface area contributed by atoms with Crippen molar-refractivity contribution >= 4 is 11.6 Å².